The molecule has 112 valence electrons. The highest BCUT2D eigenvalue weighted by Crippen LogP contribution is 2.21. The van der Waals surface area contributed by atoms with E-state index in [1.54, 1.807) is 12.1 Å². The van der Waals surface area contributed by atoms with Gasteiger partial charge in [-0.3, -0.25) is 4.90 Å². The maximum absolute atomic E-state index is 13.0. The standard InChI is InChI=1S/C19H18FNO/c20-18-9-6-16(7-10-18)8-11-19(17-4-2-1-3-5-17)21-12-14-22-15-13-21/h1-7,9-10,19H,12-15H2. The second-order valence-corrected chi connectivity index (χ2v) is 5.24. The summed E-state index contributed by atoms with van der Waals surface area (Å²) < 4.78 is 18.4. The van der Waals surface area contributed by atoms with E-state index in [-0.39, 0.29) is 11.9 Å². The molecule has 0 aromatic heterocycles. The van der Waals surface area contributed by atoms with Crippen molar-refractivity contribution in [2.75, 3.05) is 26.3 Å². The summed E-state index contributed by atoms with van der Waals surface area (Å²) >= 11 is 0. The number of morpholine rings is 1. The second-order valence-electron chi connectivity index (χ2n) is 5.24. The van der Waals surface area contributed by atoms with Crippen LogP contribution in [0.5, 0.6) is 0 Å². The maximum Gasteiger partial charge on any atom is 0.123 e. The van der Waals surface area contributed by atoms with Crippen molar-refractivity contribution in [1.82, 2.24) is 4.90 Å². The summed E-state index contributed by atoms with van der Waals surface area (Å²) in [6.07, 6.45) is 0. The molecule has 1 aliphatic heterocycles. The Morgan fingerprint density at radius 3 is 2.32 bits per heavy atom. The molecule has 2 aromatic rings. The van der Waals surface area contributed by atoms with E-state index in [2.05, 4.69) is 28.9 Å². The number of nitrogens with zero attached hydrogens (tertiary/aromatic N) is 1. The summed E-state index contributed by atoms with van der Waals surface area (Å²) in [6, 6.07) is 16.6. The first kappa shape index (κ1) is 14.8. The molecule has 1 atom stereocenters. The van der Waals surface area contributed by atoms with Crippen molar-refractivity contribution in [3.8, 4) is 11.8 Å². The van der Waals surface area contributed by atoms with Crippen molar-refractivity contribution >= 4 is 0 Å². The second kappa shape index (κ2) is 7.22. The van der Waals surface area contributed by atoms with Crippen LogP contribution in [0.1, 0.15) is 17.2 Å². The van der Waals surface area contributed by atoms with Gasteiger partial charge in [-0.2, -0.15) is 0 Å². The Morgan fingerprint density at radius 2 is 1.64 bits per heavy atom. The van der Waals surface area contributed by atoms with Crippen LogP contribution < -0.4 is 0 Å². The van der Waals surface area contributed by atoms with Gasteiger partial charge in [0, 0.05) is 18.7 Å². The van der Waals surface area contributed by atoms with Gasteiger partial charge in [-0.15, -0.1) is 0 Å². The fourth-order valence-corrected chi connectivity index (χ4v) is 2.54. The summed E-state index contributed by atoms with van der Waals surface area (Å²) in [5.41, 5.74) is 2.01. The molecule has 1 heterocycles. The monoisotopic (exact) mass is 295 g/mol. The van der Waals surface area contributed by atoms with E-state index in [0.29, 0.717) is 0 Å². The number of hydrogen-bond donors (Lipinski definition) is 0. The molecule has 0 spiro atoms. The van der Waals surface area contributed by atoms with Gasteiger partial charge in [-0.1, -0.05) is 42.2 Å². The topological polar surface area (TPSA) is 12.5 Å². The van der Waals surface area contributed by atoms with Crippen LogP contribution in [0.25, 0.3) is 0 Å². The lowest BCUT2D eigenvalue weighted by atomic mass is 10.0. The number of rotatable bonds is 2. The van der Waals surface area contributed by atoms with Crippen LogP contribution in [0.2, 0.25) is 0 Å². The first-order valence-corrected chi connectivity index (χ1v) is 7.47. The van der Waals surface area contributed by atoms with Crippen LogP contribution in [0, 0.1) is 17.7 Å². The molecule has 0 aliphatic carbocycles. The first-order valence-electron chi connectivity index (χ1n) is 7.47. The van der Waals surface area contributed by atoms with Gasteiger partial charge in [0.2, 0.25) is 0 Å². The minimum Gasteiger partial charge on any atom is -0.379 e. The van der Waals surface area contributed by atoms with Crippen molar-refractivity contribution in [3.05, 3.63) is 71.5 Å². The molecule has 1 fully saturated rings. The highest BCUT2D eigenvalue weighted by atomic mass is 19.1. The van der Waals surface area contributed by atoms with E-state index in [4.69, 9.17) is 4.74 Å². The third kappa shape index (κ3) is 3.73. The van der Waals surface area contributed by atoms with Crippen molar-refractivity contribution in [2.45, 2.75) is 6.04 Å². The van der Waals surface area contributed by atoms with Gasteiger partial charge in [0.1, 0.15) is 5.82 Å². The largest absolute Gasteiger partial charge is 0.379 e. The molecule has 2 aromatic carbocycles. The molecule has 0 N–H and O–H groups in total. The fourth-order valence-electron chi connectivity index (χ4n) is 2.54. The Labute approximate surface area is 130 Å². The highest BCUT2D eigenvalue weighted by molar-refractivity contribution is 5.37. The van der Waals surface area contributed by atoms with Crippen LogP contribution in [-0.2, 0) is 4.74 Å². The van der Waals surface area contributed by atoms with Crippen molar-refractivity contribution in [3.63, 3.8) is 0 Å². The van der Waals surface area contributed by atoms with E-state index in [1.165, 1.54) is 17.7 Å². The molecule has 1 unspecified atom stereocenters. The summed E-state index contributed by atoms with van der Waals surface area (Å²) in [5.74, 6) is 6.27. The van der Waals surface area contributed by atoms with E-state index >= 15 is 0 Å². The van der Waals surface area contributed by atoms with Crippen LogP contribution >= 0.6 is 0 Å². The molecule has 3 rings (SSSR count). The Morgan fingerprint density at radius 1 is 0.955 bits per heavy atom. The third-order valence-electron chi connectivity index (χ3n) is 3.72. The van der Waals surface area contributed by atoms with Gasteiger partial charge in [0.15, 0.2) is 0 Å². The minimum atomic E-state index is -0.238. The van der Waals surface area contributed by atoms with Crippen molar-refractivity contribution < 1.29 is 9.13 Å². The van der Waals surface area contributed by atoms with Crippen LogP contribution in [0.3, 0.4) is 0 Å². The normalized spacial score (nSPS) is 16.6. The number of hydrogen-bond acceptors (Lipinski definition) is 2. The smallest absolute Gasteiger partial charge is 0.123 e. The van der Waals surface area contributed by atoms with E-state index in [9.17, 15) is 4.39 Å². The summed E-state index contributed by atoms with van der Waals surface area (Å²) in [6.45, 7) is 3.22. The summed E-state index contributed by atoms with van der Waals surface area (Å²) in [5, 5.41) is 0. The number of halogens is 1. The molecule has 1 aliphatic rings. The lowest BCUT2D eigenvalue weighted by molar-refractivity contribution is 0.0270. The van der Waals surface area contributed by atoms with E-state index in [1.807, 2.05) is 18.2 Å². The highest BCUT2D eigenvalue weighted by Gasteiger charge is 2.20. The first-order chi connectivity index (χ1) is 10.8. The van der Waals surface area contributed by atoms with Gasteiger partial charge in [-0.05, 0) is 29.8 Å². The molecule has 22 heavy (non-hydrogen) atoms. The zero-order valence-corrected chi connectivity index (χ0v) is 12.3. The molecule has 0 radical (unpaired) electrons. The SMILES string of the molecule is Fc1ccc(C#CC(c2ccccc2)N2CCOCC2)cc1. The van der Waals surface area contributed by atoms with Gasteiger partial charge < -0.3 is 4.74 Å². The maximum atomic E-state index is 13.0. The van der Waals surface area contributed by atoms with Crippen LogP contribution in [-0.4, -0.2) is 31.2 Å². The molecule has 3 heteroatoms. The lowest BCUT2D eigenvalue weighted by Gasteiger charge is -2.31. The average Bonchev–Trinajstić information content (AvgIpc) is 2.59. The average molecular weight is 295 g/mol. The molecule has 0 bridgehead atoms. The van der Waals surface area contributed by atoms with Gasteiger partial charge in [-0.25, -0.2) is 4.39 Å². The van der Waals surface area contributed by atoms with E-state index < -0.39 is 0 Å². The Bertz CT molecular complexity index is 651. The molecule has 2 nitrogen and oxygen atoms in total. The summed E-state index contributed by atoms with van der Waals surface area (Å²) in [4.78, 5) is 2.33. The Kier molecular flexibility index (Phi) is 4.85. The predicted molar refractivity (Wildman–Crippen MR) is 84.9 cm³/mol. The Balaban J connectivity index is 1.87. The van der Waals surface area contributed by atoms with E-state index in [0.717, 1.165) is 31.9 Å². The fraction of sp³-hybridized carbons (Fsp3) is 0.263. The van der Waals surface area contributed by atoms with Gasteiger partial charge in [0.25, 0.3) is 0 Å². The predicted octanol–water partition coefficient (Wildman–Crippen LogP) is 3.25. The third-order valence-corrected chi connectivity index (χ3v) is 3.72. The number of ether oxygens (including phenoxy) is 1. The van der Waals surface area contributed by atoms with Gasteiger partial charge in [0.05, 0.1) is 19.3 Å². The molecule has 1 saturated heterocycles. The minimum absolute atomic E-state index is 0.0372. The summed E-state index contributed by atoms with van der Waals surface area (Å²) in [7, 11) is 0. The lowest BCUT2D eigenvalue weighted by Crippen LogP contribution is -2.38. The van der Waals surface area contributed by atoms with Gasteiger partial charge >= 0.3 is 0 Å². The quantitative estimate of drug-likeness (QED) is 0.789. The molecule has 0 amide bonds. The molecular weight excluding hydrogens is 277 g/mol. The molecule has 0 saturated carbocycles. The zero-order valence-electron chi connectivity index (χ0n) is 12.3. The van der Waals surface area contributed by atoms with Crippen molar-refractivity contribution in [2.24, 2.45) is 0 Å². The van der Waals surface area contributed by atoms with Crippen molar-refractivity contribution in [1.29, 1.82) is 0 Å². The van der Waals surface area contributed by atoms with Crippen LogP contribution in [0.4, 0.5) is 4.39 Å². The Hall–Kier alpha value is -2.15. The van der Waals surface area contributed by atoms with Crippen LogP contribution in [0.15, 0.2) is 54.6 Å². The zero-order chi connectivity index (χ0) is 15.2. The number of benzene rings is 2. The molecular formula is C19H18FNO.